The minimum absolute atomic E-state index is 0.0419. The maximum absolute atomic E-state index is 13.1. The highest BCUT2D eigenvalue weighted by Gasteiger charge is 2.22. The number of imidazole rings is 1. The fourth-order valence-corrected chi connectivity index (χ4v) is 5.06. The molecule has 1 aromatic carbocycles. The molecule has 2 N–H and O–H groups in total. The average molecular weight is 470 g/mol. The maximum atomic E-state index is 13.1. The van der Waals surface area contributed by atoms with Crippen LogP contribution in [0.25, 0.3) is 11.0 Å². The second-order valence-corrected chi connectivity index (χ2v) is 9.76. The predicted molar refractivity (Wildman–Crippen MR) is 134 cm³/mol. The summed E-state index contributed by atoms with van der Waals surface area (Å²) in [5.41, 5.74) is 2.44. The Kier molecular flexibility index (Phi) is 8.67. The molecule has 178 valence electrons. The number of nitrogens with zero attached hydrogens (tertiary/aromatic N) is 2. The zero-order valence-corrected chi connectivity index (χ0v) is 20.8. The smallest absolute Gasteiger partial charge is 0.303 e. The van der Waals surface area contributed by atoms with E-state index in [2.05, 4.69) is 48.2 Å². The molecule has 2 heterocycles. The van der Waals surface area contributed by atoms with Crippen molar-refractivity contribution >= 4 is 34.2 Å². The van der Waals surface area contributed by atoms with E-state index >= 15 is 0 Å². The molecule has 0 spiro atoms. The van der Waals surface area contributed by atoms with Gasteiger partial charge in [-0.15, -0.1) is 11.3 Å². The molecule has 2 aromatic heterocycles. The Morgan fingerprint density at radius 3 is 2.52 bits per heavy atom. The number of benzene rings is 1. The van der Waals surface area contributed by atoms with Crippen LogP contribution in [-0.4, -0.2) is 32.6 Å². The molecule has 3 aromatic rings. The molecule has 3 rings (SSSR count). The molecule has 7 heteroatoms. The number of carboxylic acid groups (broad SMARTS) is 1. The molecule has 0 aliphatic heterocycles. The summed E-state index contributed by atoms with van der Waals surface area (Å²) in [6.45, 7) is 8.49. The molecule has 1 amide bonds. The first-order valence-corrected chi connectivity index (χ1v) is 12.8. The third-order valence-electron chi connectivity index (χ3n) is 6.56. The van der Waals surface area contributed by atoms with Crippen molar-refractivity contribution in [1.29, 1.82) is 0 Å². The van der Waals surface area contributed by atoms with Crippen molar-refractivity contribution in [2.75, 3.05) is 0 Å². The zero-order valence-electron chi connectivity index (χ0n) is 20.0. The molecular weight excluding hydrogens is 434 g/mol. The zero-order chi connectivity index (χ0) is 24.0. The molecule has 0 saturated heterocycles. The Morgan fingerprint density at radius 2 is 1.91 bits per heavy atom. The summed E-state index contributed by atoms with van der Waals surface area (Å²) < 4.78 is 2.34. The summed E-state index contributed by atoms with van der Waals surface area (Å²) >= 11 is 1.73. The Hall–Kier alpha value is -2.67. The minimum Gasteiger partial charge on any atom is -0.481 e. The molecule has 0 unspecified atom stereocenters. The van der Waals surface area contributed by atoms with E-state index in [0.717, 1.165) is 42.5 Å². The van der Waals surface area contributed by atoms with Crippen LogP contribution in [-0.2, 0) is 11.2 Å². The summed E-state index contributed by atoms with van der Waals surface area (Å²) in [7, 11) is 0. The van der Waals surface area contributed by atoms with E-state index in [9.17, 15) is 9.59 Å². The number of carbonyl (C=O) groups excluding carboxylic acids is 1. The maximum Gasteiger partial charge on any atom is 0.303 e. The van der Waals surface area contributed by atoms with Crippen LogP contribution in [0.15, 0.2) is 35.7 Å². The summed E-state index contributed by atoms with van der Waals surface area (Å²) in [4.78, 5) is 30.3. The van der Waals surface area contributed by atoms with Crippen molar-refractivity contribution in [2.45, 2.75) is 78.3 Å². The lowest BCUT2D eigenvalue weighted by Gasteiger charge is -2.24. The van der Waals surface area contributed by atoms with Crippen LogP contribution in [0.2, 0.25) is 0 Å². The van der Waals surface area contributed by atoms with E-state index in [0.29, 0.717) is 18.0 Å². The fourth-order valence-electron chi connectivity index (χ4n) is 4.36. The fraction of sp³-hybridized carbons (Fsp3) is 0.500. The molecular formula is C26H35N3O3S. The quantitative estimate of drug-likeness (QED) is 0.338. The topological polar surface area (TPSA) is 84.2 Å². The van der Waals surface area contributed by atoms with Crippen molar-refractivity contribution in [3.8, 4) is 0 Å². The Morgan fingerprint density at radius 1 is 1.15 bits per heavy atom. The van der Waals surface area contributed by atoms with Gasteiger partial charge in [0.25, 0.3) is 5.91 Å². The van der Waals surface area contributed by atoms with E-state index in [4.69, 9.17) is 10.1 Å². The number of carboxylic acids is 1. The Balaban J connectivity index is 1.91. The van der Waals surface area contributed by atoms with Crippen molar-refractivity contribution in [3.63, 3.8) is 0 Å². The van der Waals surface area contributed by atoms with Gasteiger partial charge in [0.15, 0.2) is 0 Å². The van der Waals surface area contributed by atoms with Crippen LogP contribution < -0.4 is 5.32 Å². The van der Waals surface area contributed by atoms with E-state index in [1.807, 2.05) is 25.1 Å². The second kappa shape index (κ2) is 11.5. The normalized spacial score (nSPS) is 13.4. The molecule has 0 fully saturated rings. The van der Waals surface area contributed by atoms with Gasteiger partial charge in [0.1, 0.15) is 5.82 Å². The van der Waals surface area contributed by atoms with Gasteiger partial charge in [0, 0.05) is 35.4 Å². The van der Waals surface area contributed by atoms with Crippen molar-refractivity contribution in [2.24, 2.45) is 5.92 Å². The lowest BCUT2D eigenvalue weighted by molar-refractivity contribution is -0.137. The first kappa shape index (κ1) is 25.0. The van der Waals surface area contributed by atoms with Gasteiger partial charge in [0.05, 0.1) is 11.0 Å². The Bertz CT molecular complexity index is 1070. The first-order valence-electron chi connectivity index (χ1n) is 11.9. The first-order chi connectivity index (χ1) is 15.9. The van der Waals surface area contributed by atoms with Crippen LogP contribution in [0.1, 0.15) is 86.9 Å². The van der Waals surface area contributed by atoms with Crippen LogP contribution in [0.5, 0.6) is 0 Å². The number of amides is 1. The molecule has 0 bridgehead atoms. The van der Waals surface area contributed by atoms with E-state index < -0.39 is 5.97 Å². The molecule has 0 aliphatic rings. The summed E-state index contributed by atoms with van der Waals surface area (Å²) in [5, 5.41) is 14.2. The largest absolute Gasteiger partial charge is 0.481 e. The highest BCUT2D eigenvalue weighted by Crippen LogP contribution is 2.28. The molecule has 2 atom stereocenters. The second-order valence-electron chi connectivity index (χ2n) is 8.73. The van der Waals surface area contributed by atoms with Gasteiger partial charge >= 0.3 is 5.97 Å². The van der Waals surface area contributed by atoms with Gasteiger partial charge in [-0.2, -0.15) is 0 Å². The van der Waals surface area contributed by atoms with Gasteiger partial charge in [-0.05, 0) is 54.8 Å². The molecule has 6 nitrogen and oxygen atoms in total. The molecule has 33 heavy (non-hydrogen) atoms. The number of hydrogen-bond donors (Lipinski definition) is 2. The Labute approximate surface area is 200 Å². The van der Waals surface area contributed by atoms with E-state index in [-0.39, 0.29) is 24.3 Å². The highest BCUT2D eigenvalue weighted by molar-refractivity contribution is 7.09. The highest BCUT2D eigenvalue weighted by atomic mass is 32.1. The minimum atomic E-state index is -0.843. The lowest BCUT2D eigenvalue weighted by atomic mass is 9.94. The number of hydrogen-bond acceptors (Lipinski definition) is 4. The summed E-state index contributed by atoms with van der Waals surface area (Å²) in [6.07, 6.45) is 4.14. The standard InChI is InChI=1S/C26H35N3O3S/c1-5-17(4)21(11-13-25(30)31)28-26(32)18-10-12-23-22(15-18)27-24(16-20-9-8-14-33-20)29(23)19(6-2)7-3/h8-10,12,14-15,17,19,21H,5-7,11,13,16H2,1-4H3,(H,28,32)(H,30,31)/t17-,21+/m0/s1. The molecule has 0 radical (unpaired) electrons. The van der Waals surface area contributed by atoms with Crippen LogP contribution in [0.4, 0.5) is 0 Å². The number of rotatable bonds is 12. The van der Waals surface area contributed by atoms with Crippen LogP contribution >= 0.6 is 11.3 Å². The monoisotopic (exact) mass is 469 g/mol. The van der Waals surface area contributed by atoms with E-state index in [1.54, 1.807) is 11.3 Å². The predicted octanol–water partition coefficient (Wildman–Crippen LogP) is 6.06. The van der Waals surface area contributed by atoms with Crippen LogP contribution in [0, 0.1) is 5.92 Å². The SMILES string of the molecule is CCC(CC)n1c(Cc2cccs2)nc2cc(C(=O)N[C@H](CCC(=O)O)[C@@H](C)CC)ccc21. The summed E-state index contributed by atoms with van der Waals surface area (Å²) in [5.74, 6) is 0.204. The number of nitrogens with one attached hydrogen (secondary N) is 1. The number of carbonyl (C=O) groups is 2. The average Bonchev–Trinajstić information content (AvgIpc) is 3.44. The molecule has 0 saturated carbocycles. The van der Waals surface area contributed by atoms with Gasteiger partial charge in [-0.1, -0.05) is 40.2 Å². The summed E-state index contributed by atoms with van der Waals surface area (Å²) in [6, 6.07) is 10.1. The van der Waals surface area contributed by atoms with Crippen LogP contribution in [0.3, 0.4) is 0 Å². The lowest BCUT2D eigenvalue weighted by Crippen LogP contribution is -2.39. The third kappa shape index (κ3) is 6.02. The van der Waals surface area contributed by atoms with Crippen molar-refractivity contribution in [1.82, 2.24) is 14.9 Å². The molecule has 0 aliphatic carbocycles. The number of aliphatic carboxylic acids is 1. The van der Waals surface area contributed by atoms with E-state index in [1.165, 1.54) is 4.88 Å². The van der Waals surface area contributed by atoms with Gasteiger partial charge < -0.3 is 15.0 Å². The van der Waals surface area contributed by atoms with Gasteiger partial charge in [-0.25, -0.2) is 4.98 Å². The van der Waals surface area contributed by atoms with Crippen molar-refractivity contribution in [3.05, 3.63) is 52.0 Å². The van der Waals surface area contributed by atoms with Gasteiger partial charge in [-0.3, -0.25) is 9.59 Å². The number of fused-ring (bicyclic) bond motifs is 1. The number of thiophene rings is 1. The third-order valence-corrected chi connectivity index (χ3v) is 7.44. The van der Waals surface area contributed by atoms with Gasteiger partial charge in [0.2, 0.25) is 0 Å². The van der Waals surface area contributed by atoms with Crippen molar-refractivity contribution < 1.29 is 14.7 Å². The number of aromatic nitrogens is 2.